The van der Waals surface area contributed by atoms with Crippen LogP contribution in [-0.2, 0) is 9.53 Å². The van der Waals surface area contributed by atoms with E-state index in [9.17, 15) is 4.79 Å². The Morgan fingerprint density at radius 1 is 1.27 bits per heavy atom. The van der Waals surface area contributed by atoms with Gasteiger partial charge in [0.1, 0.15) is 6.61 Å². The lowest BCUT2D eigenvalue weighted by Crippen LogP contribution is -2.33. The van der Waals surface area contributed by atoms with Gasteiger partial charge in [-0.05, 0) is 51.4 Å². The van der Waals surface area contributed by atoms with Crippen molar-refractivity contribution in [1.29, 1.82) is 0 Å². The number of anilines is 1. The van der Waals surface area contributed by atoms with E-state index in [0.29, 0.717) is 18.4 Å². The van der Waals surface area contributed by atoms with E-state index < -0.39 is 0 Å². The summed E-state index contributed by atoms with van der Waals surface area (Å²) in [6, 6.07) is 1.95. The van der Waals surface area contributed by atoms with Gasteiger partial charge in [-0.25, -0.2) is 9.97 Å². The fraction of sp³-hybridized carbons (Fsp3) is 0.636. The number of nitrogens with one attached hydrogen (secondary N) is 1. The number of hydrogen-bond donors (Lipinski definition) is 1. The molecule has 0 radical (unpaired) electrons. The van der Waals surface area contributed by atoms with Crippen molar-refractivity contribution in [3.8, 4) is 11.3 Å². The highest BCUT2D eigenvalue weighted by Crippen LogP contribution is 2.39. The van der Waals surface area contributed by atoms with Crippen molar-refractivity contribution in [2.45, 2.75) is 51.4 Å². The van der Waals surface area contributed by atoms with Gasteiger partial charge >= 0.3 is 0 Å². The zero-order valence-corrected chi connectivity index (χ0v) is 17.9. The maximum Gasteiger partial charge on any atom is 0.245 e. The molecule has 8 nitrogen and oxygen atoms in total. The van der Waals surface area contributed by atoms with Crippen LogP contribution in [0.3, 0.4) is 0 Å². The van der Waals surface area contributed by atoms with Gasteiger partial charge in [-0.15, -0.1) is 0 Å². The lowest BCUT2D eigenvalue weighted by Gasteiger charge is -2.29. The Kier molecular flexibility index (Phi) is 6.62. The van der Waals surface area contributed by atoms with E-state index in [1.807, 2.05) is 19.2 Å². The number of carbonyl (C=O) groups excluding carboxylic acids is 1. The van der Waals surface area contributed by atoms with Crippen LogP contribution in [0.4, 0.5) is 5.95 Å². The Balaban J connectivity index is 1.49. The largest absolute Gasteiger partial charge is 0.375 e. The average Bonchev–Trinajstić information content (AvgIpc) is 3.45. The molecule has 2 aliphatic rings. The molecular formula is C22H31N5O3. The van der Waals surface area contributed by atoms with Crippen molar-refractivity contribution in [2.24, 2.45) is 5.92 Å². The van der Waals surface area contributed by atoms with E-state index in [1.165, 1.54) is 20.0 Å². The predicted octanol–water partition coefficient (Wildman–Crippen LogP) is 3.08. The summed E-state index contributed by atoms with van der Waals surface area (Å²) in [7, 11) is 1.54. The standard InChI is InChI=1S/C22H31N5O3/c1-15-11-19(30-26-15)18-13-24-22(27-9-3-4-10-27)25-21(18)17-7-5-16(6-8-17)12-23-20(28)14-29-2/h11,13,16-17H,3-10,12,14H2,1-2H3,(H,23,28). The molecule has 1 N–H and O–H groups in total. The van der Waals surface area contributed by atoms with Crippen LogP contribution in [0.1, 0.15) is 55.8 Å². The molecule has 30 heavy (non-hydrogen) atoms. The number of rotatable bonds is 7. The third kappa shape index (κ3) is 4.80. The number of hydrogen-bond acceptors (Lipinski definition) is 7. The molecule has 2 aromatic heterocycles. The number of methoxy groups -OCH3 is 1. The first-order valence-electron chi connectivity index (χ1n) is 10.9. The fourth-order valence-electron chi connectivity index (χ4n) is 4.53. The predicted molar refractivity (Wildman–Crippen MR) is 113 cm³/mol. The molecule has 1 amide bonds. The highest BCUT2D eigenvalue weighted by atomic mass is 16.5. The van der Waals surface area contributed by atoms with Crippen molar-refractivity contribution < 1.29 is 14.1 Å². The third-order valence-corrected chi connectivity index (χ3v) is 6.18. The van der Waals surface area contributed by atoms with Gasteiger partial charge in [0.25, 0.3) is 0 Å². The van der Waals surface area contributed by atoms with Gasteiger partial charge in [0.15, 0.2) is 5.76 Å². The number of nitrogens with zero attached hydrogens (tertiary/aromatic N) is 4. The van der Waals surface area contributed by atoms with Gasteiger partial charge in [0.05, 0.1) is 17.0 Å². The summed E-state index contributed by atoms with van der Waals surface area (Å²) < 4.78 is 10.4. The van der Waals surface area contributed by atoms with Gasteiger partial charge in [-0.1, -0.05) is 5.16 Å². The zero-order valence-electron chi connectivity index (χ0n) is 17.9. The molecule has 0 atom stereocenters. The normalized spacial score (nSPS) is 21.7. The summed E-state index contributed by atoms with van der Waals surface area (Å²) >= 11 is 0. The summed E-state index contributed by atoms with van der Waals surface area (Å²) in [5, 5.41) is 7.03. The zero-order chi connectivity index (χ0) is 20.9. The van der Waals surface area contributed by atoms with Crippen molar-refractivity contribution in [1.82, 2.24) is 20.4 Å². The Morgan fingerprint density at radius 3 is 2.70 bits per heavy atom. The van der Waals surface area contributed by atoms with Crippen LogP contribution in [0, 0.1) is 12.8 Å². The molecule has 1 aliphatic carbocycles. The molecule has 1 saturated carbocycles. The minimum absolute atomic E-state index is 0.0475. The molecule has 2 aromatic rings. The van der Waals surface area contributed by atoms with Crippen LogP contribution in [0.2, 0.25) is 0 Å². The van der Waals surface area contributed by atoms with Crippen molar-refractivity contribution in [3.63, 3.8) is 0 Å². The molecule has 0 aromatic carbocycles. The number of aryl methyl sites for hydroxylation is 1. The molecule has 3 heterocycles. The van der Waals surface area contributed by atoms with Gasteiger partial charge in [0.2, 0.25) is 11.9 Å². The molecule has 0 unspecified atom stereocenters. The van der Waals surface area contributed by atoms with Crippen molar-refractivity contribution in [2.75, 3.05) is 38.3 Å². The van der Waals surface area contributed by atoms with Gasteiger partial charge in [0, 0.05) is 44.9 Å². The number of amides is 1. The molecule has 0 bridgehead atoms. The molecule has 1 aliphatic heterocycles. The quantitative estimate of drug-likeness (QED) is 0.745. The number of ether oxygens (including phenoxy) is 1. The van der Waals surface area contributed by atoms with E-state index in [2.05, 4.69) is 20.4 Å². The van der Waals surface area contributed by atoms with Crippen LogP contribution in [0.25, 0.3) is 11.3 Å². The molecule has 1 saturated heterocycles. The summed E-state index contributed by atoms with van der Waals surface area (Å²) in [4.78, 5) is 23.6. The van der Waals surface area contributed by atoms with Gasteiger partial charge in [-0.2, -0.15) is 0 Å². The smallest absolute Gasteiger partial charge is 0.245 e. The molecule has 162 valence electrons. The van der Waals surface area contributed by atoms with E-state index in [4.69, 9.17) is 14.2 Å². The maximum atomic E-state index is 11.7. The Hall–Kier alpha value is -2.48. The minimum atomic E-state index is -0.0475. The molecule has 0 spiro atoms. The van der Waals surface area contributed by atoms with Gasteiger partial charge in [-0.3, -0.25) is 4.79 Å². The Morgan fingerprint density at radius 2 is 2.03 bits per heavy atom. The second kappa shape index (κ2) is 9.55. The highest BCUT2D eigenvalue weighted by Gasteiger charge is 2.28. The minimum Gasteiger partial charge on any atom is -0.375 e. The lowest BCUT2D eigenvalue weighted by molar-refractivity contribution is -0.124. The van der Waals surface area contributed by atoms with E-state index in [-0.39, 0.29) is 12.5 Å². The summed E-state index contributed by atoms with van der Waals surface area (Å²) in [6.07, 6.45) is 8.52. The summed E-state index contributed by atoms with van der Waals surface area (Å²) in [5.41, 5.74) is 2.88. The Bertz CT molecular complexity index is 854. The van der Waals surface area contributed by atoms with E-state index in [1.54, 1.807) is 0 Å². The third-order valence-electron chi connectivity index (χ3n) is 6.18. The van der Waals surface area contributed by atoms with Crippen LogP contribution in [-0.4, -0.2) is 54.4 Å². The SMILES string of the molecule is COCC(=O)NCC1CCC(c2nc(N3CCCC3)ncc2-c2cc(C)no2)CC1. The first kappa shape index (κ1) is 20.8. The van der Waals surface area contributed by atoms with Crippen molar-refractivity contribution in [3.05, 3.63) is 23.7 Å². The number of aromatic nitrogens is 3. The molecular weight excluding hydrogens is 382 g/mol. The first-order valence-corrected chi connectivity index (χ1v) is 10.9. The second-order valence-electron chi connectivity index (χ2n) is 8.45. The summed E-state index contributed by atoms with van der Waals surface area (Å²) in [6.45, 7) is 4.80. The topological polar surface area (TPSA) is 93.4 Å². The van der Waals surface area contributed by atoms with E-state index >= 15 is 0 Å². The molecule has 4 rings (SSSR count). The summed E-state index contributed by atoms with van der Waals surface area (Å²) in [5.74, 6) is 2.38. The second-order valence-corrected chi connectivity index (χ2v) is 8.45. The van der Waals surface area contributed by atoms with Gasteiger partial charge < -0.3 is 19.5 Å². The lowest BCUT2D eigenvalue weighted by atomic mass is 9.79. The first-order chi connectivity index (χ1) is 14.6. The Labute approximate surface area is 177 Å². The highest BCUT2D eigenvalue weighted by molar-refractivity contribution is 5.77. The van der Waals surface area contributed by atoms with Crippen LogP contribution < -0.4 is 10.2 Å². The van der Waals surface area contributed by atoms with Crippen molar-refractivity contribution >= 4 is 11.9 Å². The van der Waals surface area contributed by atoms with Crippen LogP contribution >= 0.6 is 0 Å². The number of carbonyl (C=O) groups is 1. The monoisotopic (exact) mass is 413 g/mol. The maximum absolute atomic E-state index is 11.7. The van der Waals surface area contributed by atoms with Crippen LogP contribution in [0.15, 0.2) is 16.8 Å². The molecule has 2 fully saturated rings. The average molecular weight is 414 g/mol. The van der Waals surface area contributed by atoms with E-state index in [0.717, 1.165) is 67.4 Å². The fourth-order valence-corrected chi connectivity index (χ4v) is 4.53. The molecule has 8 heteroatoms. The van der Waals surface area contributed by atoms with Crippen LogP contribution in [0.5, 0.6) is 0 Å².